The Labute approximate surface area is 104 Å². The van der Waals surface area contributed by atoms with Crippen molar-refractivity contribution in [2.45, 2.75) is 34.6 Å². The number of allylic oxidation sites excluding steroid dienone is 4. The first-order valence-corrected chi connectivity index (χ1v) is 10.9. The van der Waals surface area contributed by atoms with Crippen LogP contribution in [0.4, 0.5) is 0 Å². The molecule has 0 atom stereocenters. The Kier molecular flexibility index (Phi) is 6.31. The van der Waals surface area contributed by atoms with Gasteiger partial charge in [-0.05, 0) is 0 Å². The van der Waals surface area contributed by atoms with Crippen LogP contribution in [0.3, 0.4) is 0 Å². The van der Waals surface area contributed by atoms with Gasteiger partial charge >= 0.3 is 42.1 Å². The van der Waals surface area contributed by atoms with Crippen molar-refractivity contribution >= 4 is 29.1 Å². The Morgan fingerprint density at radius 2 is 1.43 bits per heavy atom. The first-order chi connectivity index (χ1) is 6.18. The van der Waals surface area contributed by atoms with Crippen molar-refractivity contribution in [3.05, 3.63) is 22.8 Å². The fourth-order valence-corrected chi connectivity index (χ4v) is 1.41. The molecule has 4 heteroatoms. The van der Waals surface area contributed by atoms with E-state index in [-0.39, 0.29) is 5.41 Å². The van der Waals surface area contributed by atoms with Gasteiger partial charge in [0.2, 0.25) is 0 Å². The average molecular weight is 343 g/mol. The first kappa shape index (κ1) is 15.0. The zero-order chi connectivity index (χ0) is 11.5. The molecule has 0 N–H and O–H groups in total. The third-order valence-electron chi connectivity index (χ3n) is 2.56. The zero-order valence-corrected chi connectivity index (χ0v) is 13.0. The maximum absolute atomic E-state index is 4.95. The fraction of sp³-hybridized carbons (Fsp3) is 0.600. The summed E-state index contributed by atoms with van der Waals surface area (Å²) in [7, 11) is 14.8. The van der Waals surface area contributed by atoms with Gasteiger partial charge in [-0.3, -0.25) is 6.08 Å². The molecule has 0 spiro atoms. The van der Waals surface area contributed by atoms with Crippen LogP contribution in [-0.4, -0.2) is 0 Å². The summed E-state index contributed by atoms with van der Waals surface area (Å²) in [6.45, 7) is 10.9. The van der Waals surface area contributed by atoms with E-state index >= 15 is 0 Å². The van der Waals surface area contributed by atoms with E-state index in [2.05, 4.69) is 40.7 Å². The van der Waals surface area contributed by atoms with Crippen LogP contribution in [0.1, 0.15) is 34.6 Å². The quantitative estimate of drug-likeness (QED) is 0.420. The van der Waals surface area contributed by atoms with E-state index in [1.165, 1.54) is 16.7 Å². The molecule has 1 aliphatic rings. The van der Waals surface area contributed by atoms with E-state index in [1.54, 1.807) is 0 Å². The summed E-state index contributed by atoms with van der Waals surface area (Å²) in [5.74, 6) is 0. The van der Waals surface area contributed by atoms with Gasteiger partial charge in [-0.2, -0.15) is 11.1 Å². The molecule has 0 heterocycles. The second kappa shape index (κ2) is 5.90. The predicted molar refractivity (Wildman–Crippen MR) is 62.1 cm³/mol. The van der Waals surface area contributed by atoms with Gasteiger partial charge in [0.1, 0.15) is 0 Å². The Bertz CT molecular complexity index is 262. The van der Waals surface area contributed by atoms with E-state index in [0.717, 1.165) is 0 Å². The molecule has 0 unspecified atom stereocenters. The average Bonchev–Trinajstić information content (AvgIpc) is 2.13. The molecule has 0 aromatic carbocycles. The van der Waals surface area contributed by atoms with Crippen LogP contribution in [0.25, 0.3) is 0 Å². The van der Waals surface area contributed by atoms with Crippen LogP contribution in [-0.2, 0) is 13.0 Å². The van der Waals surface area contributed by atoms with E-state index in [9.17, 15) is 0 Å². The third kappa shape index (κ3) is 4.66. The monoisotopic (exact) mass is 342 g/mol. The molecular formula is C10H15Cl3Ru-. The van der Waals surface area contributed by atoms with Crippen molar-refractivity contribution < 1.29 is 13.0 Å². The number of halogens is 3. The summed E-state index contributed by atoms with van der Waals surface area (Å²) in [5.41, 5.74) is 4.39. The molecule has 0 aliphatic heterocycles. The Hall–Kier alpha value is 0.973. The second-order valence-corrected chi connectivity index (χ2v) is 11.7. The van der Waals surface area contributed by atoms with Gasteiger partial charge in [-0.1, -0.05) is 33.1 Å². The van der Waals surface area contributed by atoms with Crippen LogP contribution in [0.15, 0.2) is 16.7 Å². The molecule has 0 nitrogen and oxygen atoms in total. The molecule has 0 aromatic rings. The van der Waals surface area contributed by atoms with Crippen LogP contribution >= 0.6 is 29.1 Å². The molecule has 14 heavy (non-hydrogen) atoms. The van der Waals surface area contributed by atoms with Crippen molar-refractivity contribution in [1.29, 1.82) is 0 Å². The SMILES string of the molecule is CC1=[C-]C(C)(C)C(C)=C1C.[Cl][Ru]([Cl])[Cl]. The normalized spacial score (nSPS) is 20.0. The molecule has 0 bridgehead atoms. The summed E-state index contributed by atoms with van der Waals surface area (Å²) in [6.07, 6.45) is 3.44. The summed E-state index contributed by atoms with van der Waals surface area (Å²) < 4.78 is 0. The maximum atomic E-state index is 4.95. The number of hydrogen-bond donors (Lipinski definition) is 0. The molecule has 1 rings (SSSR count). The van der Waals surface area contributed by atoms with E-state index in [0.29, 0.717) is 0 Å². The van der Waals surface area contributed by atoms with Crippen molar-refractivity contribution in [2.75, 3.05) is 0 Å². The predicted octanol–water partition coefficient (Wildman–Crippen LogP) is 5.18. The molecule has 0 amide bonds. The number of hydrogen-bond acceptors (Lipinski definition) is 0. The van der Waals surface area contributed by atoms with Gasteiger partial charge in [0.15, 0.2) is 0 Å². The summed E-state index contributed by atoms with van der Waals surface area (Å²) in [4.78, 5) is 0. The number of rotatable bonds is 0. The Balaban J connectivity index is 0.000000364. The molecule has 1 aliphatic carbocycles. The molecule has 0 aromatic heterocycles. The van der Waals surface area contributed by atoms with Gasteiger partial charge < -0.3 is 0 Å². The van der Waals surface area contributed by atoms with Crippen LogP contribution < -0.4 is 0 Å². The third-order valence-corrected chi connectivity index (χ3v) is 2.56. The van der Waals surface area contributed by atoms with Crippen molar-refractivity contribution in [2.24, 2.45) is 5.41 Å². The van der Waals surface area contributed by atoms with E-state index < -0.39 is 13.0 Å². The van der Waals surface area contributed by atoms with Gasteiger partial charge in [-0.15, -0.1) is 6.92 Å². The topological polar surface area (TPSA) is 0 Å². The second-order valence-electron chi connectivity index (χ2n) is 3.78. The van der Waals surface area contributed by atoms with Crippen molar-refractivity contribution in [1.82, 2.24) is 0 Å². The van der Waals surface area contributed by atoms with Crippen LogP contribution in [0, 0.1) is 11.5 Å². The summed E-state index contributed by atoms with van der Waals surface area (Å²) in [5, 5.41) is 0. The van der Waals surface area contributed by atoms with Gasteiger partial charge in [0, 0.05) is 0 Å². The van der Waals surface area contributed by atoms with Crippen LogP contribution in [0.2, 0.25) is 0 Å². The first-order valence-electron chi connectivity index (χ1n) is 4.15. The van der Waals surface area contributed by atoms with Crippen molar-refractivity contribution in [3.8, 4) is 0 Å². The fourth-order valence-electron chi connectivity index (χ4n) is 1.41. The van der Waals surface area contributed by atoms with Gasteiger partial charge in [0.05, 0.1) is 0 Å². The molecule has 0 saturated heterocycles. The minimum absolute atomic E-state index is 0.189. The Morgan fingerprint density at radius 1 is 1.07 bits per heavy atom. The Morgan fingerprint density at radius 3 is 1.50 bits per heavy atom. The van der Waals surface area contributed by atoms with E-state index in [4.69, 9.17) is 29.1 Å². The summed E-state index contributed by atoms with van der Waals surface area (Å²) >= 11 is -1.75. The van der Waals surface area contributed by atoms with Crippen molar-refractivity contribution in [3.63, 3.8) is 0 Å². The molecule has 85 valence electrons. The summed E-state index contributed by atoms with van der Waals surface area (Å²) in [6, 6.07) is 0. The molecule has 0 saturated carbocycles. The van der Waals surface area contributed by atoms with Crippen LogP contribution in [0.5, 0.6) is 0 Å². The minimum atomic E-state index is -1.75. The van der Waals surface area contributed by atoms with E-state index in [1.807, 2.05) is 0 Å². The molecule has 0 radical (unpaired) electrons. The molecular weight excluding hydrogens is 328 g/mol. The van der Waals surface area contributed by atoms with Gasteiger partial charge in [0.25, 0.3) is 0 Å². The van der Waals surface area contributed by atoms with Gasteiger partial charge in [-0.25, -0.2) is 5.57 Å². The zero-order valence-electron chi connectivity index (χ0n) is 8.99. The molecule has 0 fully saturated rings. The standard InChI is InChI=1S/C10H15.3ClH.Ru/c1-7-6-10(4,5)9(3)8(7)2;;;;/h1-5H3;3*1H;/q-1;;;;+3/p-3.